The van der Waals surface area contributed by atoms with Gasteiger partial charge in [-0.1, -0.05) is 29.8 Å². The molecule has 0 amide bonds. The van der Waals surface area contributed by atoms with E-state index in [1.165, 1.54) is 18.9 Å². The molecule has 20 heavy (non-hydrogen) atoms. The highest BCUT2D eigenvalue weighted by molar-refractivity contribution is 7.98. The fourth-order valence-electron chi connectivity index (χ4n) is 1.75. The fourth-order valence-corrected chi connectivity index (χ4v) is 2.99. The minimum Gasteiger partial charge on any atom is -0.468 e. The van der Waals surface area contributed by atoms with Gasteiger partial charge in [0.2, 0.25) is 0 Å². The summed E-state index contributed by atoms with van der Waals surface area (Å²) >= 11 is 7.69. The van der Waals surface area contributed by atoms with Crippen molar-refractivity contribution >= 4 is 40.2 Å². The Labute approximate surface area is 126 Å². The molecule has 0 saturated carbocycles. The Morgan fingerprint density at radius 3 is 3.00 bits per heavy atom. The summed E-state index contributed by atoms with van der Waals surface area (Å²) in [6.07, 6.45) is 0. The minimum atomic E-state index is -0.614. The van der Waals surface area contributed by atoms with Crippen LogP contribution in [0.15, 0.2) is 30.3 Å². The average Bonchev–Trinajstić information content (AvgIpc) is 2.46. The number of hydrogen-bond donors (Lipinski definition) is 1. The number of thioether (sulfide) groups is 1. The van der Waals surface area contributed by atoms with E-state index >= 15 is 0 Å². The van der Waals surface area contributed by atoms with E-state index in [1.807, 2.05) is 30.3 Å². The number of fused-ring (bicyclic) bond motifs is 1. The van der Waals surface area contributed by atoms with Gasteiger partial charge in [-0.2, -0.15) is 11.8 Å². The molecule has 1 unspecified atom stereocenters. The van der Waals surface area contributed by atoms with Crippen LogP contribution < -0.4 is 5.73 Å². The molecule has 6 heteroatoms. The molecule has 1 atom stereocenters. The number of nitrogens with zero attached hydrogens (tertiary/aromatic N) is 1. The molecule has 0 bridgehead atoms. The largest absolute Gasteiger partial charge is 0.468 e. The zero-order chi connectivity index (χ0) is 14.5. The van der Waals surface area contributed by atoms with E-state index in [1.54, 1.807) is 0 Å². The summed E-state index contributed by atoms with van der Waals surface area (Å²) in [6, 6.07) is 9.20. The van der Waals surface area contributed by atoms with E-state index in [-0.39, 0.29) is 0 Å². The highest BCUT2D eigenvalue weighted by Gasteiger charge is 2.14. The number of methoxy groups -OCH3 is 1. The standard InChI is InChI=1S/C14H15ClN2O2S/c1-19-14(18)11(16)8-20-7-10-6-9-4-2-3-5-12(9)17-13(10)15/h2-6,11H,7-8,16H2,1H3. The van der Waals surface area contributed by atoms with Crippen molar-refractivity contribution in [2.75, 3.05) is 12.9 Å². The predicted molar refractivity (Wildman–Crippen MR) is 82.9 cm³/mol. The van der Waals surface area contributed by atoms with Gasteiger partial charge in [-0.3, -0.25) is 4.79 Å². The van der Waals surface area contributed by atoms with Crippen molar-refractivity contribution in [2.45, 2.75) is 11.8 Å². The van der Waals surface area contributed by atoms with Crippen LogP contribution in [-0.2, 0) is 15.3 Å². The minimum absolute atomic E-state index is 0.403. The maximum atomic E-state index is 11.2. The number of esters is 1. The molecular weight excluding hydrogens is 296 g/mol. The third kappa shape index (κ3) is 3.62. The number of hydrogen-bond acceptors (Lipinski definition) is 5. The van der Waals surface area contributed by atoms with Crippen LogP contribution in [0.1, 0.15) is 5.56 Å². The molecule has 0 aliphatic rings. The summed E-state index contributed by atoms with van der Waals surface area (Å²) in [7, 11) is 1.33. The molecule has 106 valence electrons. The average molecular weight is 311 g/mol. The maximum Gasteiger partial charge on any atom is 0.323 e. The van der Waals surface area contributed by atoms with Crippen LogP contribution in [0, 0.1) is 0 Å². The zero-order valence-corrected chi connectivity index (χ0v) is 12.6. The molecule has 1 aromatic heterocycles. The molecule has 0 saturated heterocycles. The Morgan fingerprint density at radius 1 is 1.50 bits per heavy atom. The van der Waals surface area contributed by atoms with Gasteiger partial charge in [0.25, 0.3) is 0 Å². The first-order valence-electron chi connectivity index (χ1n) is 6.07. The number of carbonyl (C=O) groups excluding carboxylic acids is 1. The van der Waals surface area contributed by atoms with Crippen molar-refractivity contribution in [3.8, 4) is 0 Å². The normalized spacial score (nSPS) is 12.3. The van der Waals surface area contributed by atoms with E-state index < -0.39 is 12.0 Å². The van der Waals surface area contributed by atoms with E-state index in [0.717, 1.165) is 16.5 Å². The third-order valence-corrected chi connectivity index (χ3v) is 4.25. The highest BCUT2D eigenvalue weighted by atomic mass is 35.5. The second-order valence-electron chi connectivity index (χ2n) is 4.28. The topological polar surface area (TPSA) is 65.2 Å². The number of ether oxygens (including phenoxy) is 1. The lowest BCUT2D eigenvalue weighted by Crippen LogP contribution is -2.33. The van der Waals surface area contributed by atoms with Gasteiger partial charge in [0, 0.05) is 22.5 Å². The quantitative estimate of drug-likeness (QED) is 0.679. The Bertz CT molecular complexity index is 621. The molecule has 0 radical (unpaired) electrons. The van der Waals surface area contributed by atoms with Crippen molar-refractivity contribution in [2.24, 2.45) is 5.73 Å². The monoisotopic (exact) mass is 310 g/mol. The predicted octanol–water partition coefficient (Wildman–Crippen LogP) is 2.62. The van der Waals surface area contributed by atoms with Gasteiger partial charge in [0.05, 0.1) is 12.6 Å². The van der Waals surface area contributed by atoms with Gasteiger partial charge in [-0.25, -0.2) is 4.98 Å². The van der Waals surface area contributed by atoms with Crippen LogP contribution in [0.5, 0.6) is 0 Å². The first-order valence-corrected chi connectivity index (χ1v) is 7.60. The van der Waals surface area contributed by atoms with Crippen molar-refractivity contribution in [1.29, 1.82) is 0 Å². The lowest BCUT2D eigenvalue weighted by Gasteiger charge is -2.09. The molecule has 0 fully saturated rings. The van der Waals surface area contributed by atoms with Crippen molar-refractivity contribution in [3.05, 3.63) is 41.0 Å². The van der Waals surface area contributed by atoms with Crippen LogP contribution in [0.2, 0.25) is 5.15 Å². The SMILES string of the molecule is COC(=O)C(N)CSCc1cc2ccccc2nc1Cl. The molecular formula is C14H15ClN2O2S. The summed E-state index contributed by atoms with van der Waals surface area (Å²) in [5.41, 5.74) is 7.49. The highest BCUT2D eigenvalue weighted by Crippen LogP contribution is 2.24. The van der Waals surface area contributed by atoms with Crippen LogP contribution in [-0.4, -0.2) is 29.9 Å². The molecule has 2 N–H and O–H groups in total. The number of aromatic nitrogens is 1. The van der Waals surface area contributed by atoms with Crippen LogP contribution >= 0.6 is 23.4 Å². The van der Waals surface area contributed by atoms with Crippen molar-refractivity contribution in [1.82, 2.24) is 4.98 Å². The first kappa shape index (κ1) is 15.1. The van der Waals surface area contributed by atoms with E-state index in [2.05, 4.69) is 9.72 Å². The summed E-state index contributed by atoms with van der Waals surface area (Å²) in [6.45, 7) is 0. The van der Waals surface area contributed by atoms with Crippen molar-refractivity contribution in [3.63, 3.8) is 0 Å². The van der Waals surface area contributed by atoms with Gasteiger partial charge >= 0.3 is 5.97 Å². The fraction of sp³-hybridized carbons (Fsp3) is 0.286. The summed E-state index contributed by atoms with van der Waals surface area (Å²) in [4.78, 5) is 15.6. The number of halogens is 1. The summed E-state index contributed by atoms with van der Waals surface area (Å²) < 4.78 is 4.58. The number of nitrogens with two attached hydrogens (primary N) is 1. The second kappa shape index (κ2) is 6.92. The third-order valence-electron chi connectivity index (χ3n) is 2.81. The Morgan fingerprint density at radius 2 is 2.25 bits per heavy atom. The number of pyridine rings is 1. The summed E-state index contributed by atoms with van der Waals surface area (Å²) in [5, 5.41) is 1.53. The maximum absolute atomic E-state index is 11.2. The van der Waals surface area contributed by atoms with Gasteiger partial charge in [-0.05, 0) is 12.1 Å². The van der Waals surface area contributed by atoms with Gasteiger partial charge in [-0.15, -0.1) is 0 Å². The van der Waals surface area contributed by atoms with E-state index in [9.17, 15) is 4.79 Å². The van der Waals surface area contributed by atoms with Crippen molar-refractivity contribution < 1.29 is 9.53 Å². The van der Waals surface area contributed by atoms with Gasteiger partial charge in [0.1, 0.15) is 11.2 Å². The van der Waals surface area contributed by atoms with Crippen LogP contribution in [0.3, 0.4) is 0 Å². The lowest BCUT2D eigenvalue weighted by atomic mass is 10.2. The molecule has 2 rings (SSSR count). The molecule has 2 aromatic rings. The smallest absolute Gasteiger partial charge is 0.323 e. The Kier molecular flexibility index (Phi) is 5.23. The van der Waals surface area contributed by atoms with Gasteiger partial charge in [0.15, 0.2) is 0 Å². The van der Waals surface area contributed by atoms with Gasteiger partial charge < -0.3 is 10.5 Å². The molecule has 1 aromatic carbocycles. The molecule has 0 spiro atoms. The Balaban J connectivity index is 2.03. The zero-order valence-electron chi connectivity index (χ0n) is 11.0. The van der Waals surface area contributed by atoms with E-state index in [4.69, 9.17) is 17.3 Å². The number of para-hydroxylation sites is 1. The number of benzene rings is 1. The number of rotatable bonds is 5. The first-order chi connectivity index (χ1) is 9.61. The van der Waals surface area contributed by atoms with Crippen LogP contribution in [0.25, 0.3) is 10.9 Å². The summed E-state index contributed by atoms with van der Waals surface area (Å²) in [5.74, 6) is 0.734. The Hall–Kier alpha value is -1.30. The number of carbonyl (C=O) groups is 1. The molecule has 0 aliphatic heterocycles. The van der Waals surface area contributed by atoms with Crippen LogP contribution in [0.4, 0.5) is 0 Å². The molecule has 4 nitrogen and oxygen atoms in total. The second-order valence-corrected chi connectivity index (χ2v) is 5.66. The van der Waals surface area contributed by atoms with E-state index in [0.29, 0.717) is 16.7 Å². The molecule has 0 aliphatic carbocycles. The lowest BCUT2D eigenvalue weighted by molar-refractivity contribution is -0.141. The molecule has 1 heterocycles.